The van der Waals surface area contributed by atoms with Gasteiger partial charge >= 0.3 is 0 Å². The van der Waals surface area contributed by atoms with Crippen LogP contribution in [0.15, 0.2) is 42.5 Å². The van der Waals surface area contributed by atoms with Gasteiger partial charge in [0.05, 0.1) is 5.02 Å². The molecule has 0 aliphatic rings. The Kier molecular flexibility index (Phi) is 4.99. The zero-order chi connectivity index (χ0) is 14.5. The van der Waals surface area contributed by atoms with Gasteiger partial charge in [-0.25, -0.2) is 4.39 Å². The number of hydrogen-bond acceptors (Lipinski definition) is 1. The average Bonchev–Trinajstić information content (AvgIpc) is 2.42. The minimum atomic E-state index is -0.508. The Morgan fingerprint density at radius 3 is 2.45 bits per heavy atom. The van der Waals surface area contributed by atoms with Crippen molar-refractivity contribution in [2.45, 2.75) is 12.8 Å². The third-order valence-electron chi connectivity index (χ3n) is 2.76. The van der Waals surface area contributed by atoms with Gasteiger partial charge in [0.2, 0.25) is 5.91 Å². The lowest BCUT2D eigenvalue weighted by Crippen LogP contribution is -2.12. The summed E-state index contributed by atoms with van der Waals surface area (Å²) in [5, 5.41) is 3.33. The zero-order valence-corrected chi connectivity index (χ0v) is 12.0. The molecule has 0 bridgehead atoms. The number of aryl methyl sites for hydroxylation is 1. The lowest BCUT2D eigenvalue weighted by atomic mass is 10.1. The largest absolute Gasteiger partial charge is 0.326 e. The molecule has 5 heteroatoms. The predicted molar refractivity (Wildman–Crippen MR) is 79.8 cm³/mol. The van der Waals surface area contributed by atoms with Crippen LogP contribution in [-0.2, 0) is 11.2 Å². The molecule has 0 saturated carbocycles. The van der Waals surface area contributed by atoms with E-state index in [1.165, 1.54) is 18.2 Å². The van der Waals surface area contributed by atoms with E-state index in [-0.39, 0.29) is 10.9 Å². The highest BCUT2D eigenvalue weighted by atomic mass is 35.5. The van der Waals surface area contributed by atoms with Crippen molar-refractivity contribution in [1.29, 1.82) is 0 Å². The lowest BCUT2D eigenvalue weighted by Gasteiger charge is -2.06. The summed E-state index contributed by atoms with van der Waals surface area (Å²) in [6, 6.07) is 11.4. The maximum absolute atomic E-state index is 13.0. The first-order valence-electron chi connectivity index (χ1n) is 6.04. The van der Waals surface area contributed by atoms with Crippen LogP contribution >= 0.6 is 23.2 Å². The molecule has 20 heavy (non-hydrogen) atoms. The second-order valence-electron chi connectivity index (χ2n) is 4.30. The molecule has 0 spiro atoms. The Hall–Kier alpha value is -1.58. The molecule has 0 atom stereocenters. The van der Waals surface area contributed by atoms with Crippen LogP contribution in [0, 0.1) is 5.82 Å². The van der Waals surface area contributed by atoms with Gasteiger partial charge in [0, 0.05) is 17.1 Å². The highest BCUT2D eigenvalue weighted by Gasteiger charge is 2.05. The molecule has 0 heterocycles. The molecule has 0 aliphatic carbocycles. The van der Waals surface area contributed by atoms with Crippen LogP contribution < -0.4 is 5.32 Å². The number of rotatable bonds is 4. The molecule has 1 amide bonds. The molecule has 0 aliphatic heterocycles. The van der Waals surface area contributed by atoms with Crippen LogP contribution in [0.25, 0.3) is 0 Å². The molecule has 0 unspecified atom stereocenters. The van der Waals surface area contributed by atoms with Crippen LogP contribution in [0.5, 0.6) is 0 Å². The van der Waals surface area contributed by atoms with Crippen molar-refractivity contribution >= 4 is 34.8 Å². The summed E-state index contributed by atoms with van der Waals surface area (Å²) in [5.74, 6) is -0.659. The van der Waals surface area contributed by atoms with Crippen molar-refractivity contribution < 1.29 is 9.18 Å². The quantitative estimate of drug-likeness (QED) is 0.871. The van der Waals surface area contributed by atoms with E-state index in [0.29, 0.717) is 23.6 Å². The highest BCUT2D eigenvalue weighted by Crippen LogP contribution is 2.19. The summed E-state index contributed by atoms with van der Waals surface area (Å²) in [7, 11) is 0. The highest BCUT2D eigenvalue weighted by molar-refractivity contribution is 6.31. The molecule has 2 nitrogen and oxygen atoms in total. The first-order valence-corrected chi connectivity index (χ1v) is 6.79. The summed E-state index contributed by atoms with van der Waals surface area (Å²) in [6.45, 7) is 0. The zero-order valence-electron chi connectivity index (χ0n) is 10.5. The van der Waals surface area contributed by atoms with Crippen LogP contribution in [0.3, 0.4) is 0 Å². The molecule has 2 aromatic rings. The topological polar surface area (TPSA) is 29.1 Å². The van der Waals surface area contributed by atoms with E-state index in [4.69, 9.17) is 23.2 Å². The molecular weight excluding hydrogens is 300 g/mol. The fourth-order valence-corrected chi connectivity index (χ4v) is 2.01. The van der Waals surface area contributed by atoms with E-state index >= 15 is 0 Å². The minimum absolute atomic E-state index is 0.0134. The van der Waals surface area contributed by atoms with Gasteiger partial charge in [0.25, 0.3) is 0 Å². The molecule has 1 N–H and O–H groups in total. The van der Waals surface area contributed by atoms with E-state index in [2.05, 4.69) is 5.32 Å². The number of carbonyl (C=O) groups is 1. The summed E-state index contributed by atoms with van der Waals surface area (Å²) in [6.07, 6.45) is 0.939. The van der Waals surface area contributed by atoms with E-state index in [0.717, 1.165) is 5.56 Å². The summed E-state index contributed by atoms with van der Waals surface area (Å²) in [4.78, 5) is 11.8. The van der Waals surface area contributed by atoms with Crippen molar-refractivity contribution in [1.82, 2.24) is 0 Å². The number of anilines is 1. The number of amides is 1. The van der Waals surface area contributed by atoms with E-state index in [1.54, 1.807) is 12.1 Å². The molecule has 2 rings (SSSR count). The van der Waals surface area contributed by atoms with Gasteiger partial charge in [-0.15, -0.1) is 0 Å². The maximum atomic E-state index is 13.0. The van der Waals surface area contributed by atoms with Gasteiger partial charge in [-0.3, -0.25) is 4.79 Å². The fourth-order valence-electron chi connectivity index (χ4n) is 1.71. The van der Waals surface area contributed by atoms with Gasteiger partial charge < -0.3 is 5.32 Å². The Morgan fingerprint density at radius 1 is 1.10 bits per heavy atom. The second kappa shape index (κ2) is 6.73. The SMILES string of the molecule is O=C(CCc1ccc(Cl)cc1)Nc1ccc(F)c(Cl)c1. The van der Waals surface area contributed by atoms with Crippen molar-refractivity contribution in [3.05, 3.63) is 63.9 Å². The van der Waals surface area contributed by atoms with Crippen molar-refractivity contribution in [3.63, 3.8) is 0 Å². The monoisotopic (exact) mass is 311 g/mol. The normalized spacial score (nSPS) is 10.3. The van der Waals surface area contributed by atoms with Crippen LogP contribution in [0.1, 0.15) is 12.0 Å². The number of benzene rings is 2. The third kappa shape index (κ3) is 4.22. The molecule has 104 valence electrons. The number of nitrogens with one attached hydrogen (secondary N) is 1. The smallest absolute Gasteiger partial charge is 0.224 e. The Labute approximate surface area is 126 Å². The minimum Gasteiger partial charge on any atom is -0.326 e. The number of halogens is 3. The summed E-state index contributed by atoms with van der Waals surface area (Å²) >= 11 is 11.4. The average molecular weight is 312 g/mol. The predicted octanol–water partition coefficient (Wildman–Crippen LogP) is 4.70. The molecule has 2 aromatic carbocycles. The fraction of sp³-hybridized carbons (Fsp3) is 0.133. The van der Waals surface area contributed by atoms with E-state index in [9.17, 15) is 9.18 Å². The Bertz CT molecular complexity index is 614. The number of carbonyl (C=O) groups excluding carboxylic acids is 1. The Morgan fingerprint density at radius 2 is 1.80 bits per heavy atom. The molecule has 0 radical (unpaired) electrons. The molecule has 0 fully saturated rings. The Balaban J connectivity index is 1.89. The van der Waals surface area contributed by atoms with Crippen molar-refractivity contribution in [2.75, 3.05) is 5.32 Å². The van der Waals surface area contributed by atoms with Gasteiger partial charge in [0.1, 0.15) is 5.82 Å². The van der Waals surface area contributed by atoms with Gasteiger partial charge in [-0.2, -0.15) is 0 Å². The van der Waals surface area contributed by atoms with Crippen LogP contribution in [0.2, 0.25) is 10.0 Å². The van der Waals surface area contributed by atoms with E-state index < -0.39 is 5.82 Å². The van der Waals surface area contributed by atoms with Gasteiger partial charge in [-0.05, 0) is 42.3 Å². The molecule has 0 aromatic heterocycles. The van der Waals surface area contributed by atoms with Crippen molar-refractivity contribution in [2.24, 2.45) is 0 Å². The van der Waals surface area contributed by atoms with Crippen LogP contribution in [0.4, 0.5) is 10.1 Å². The second-order valence-corrected chi connectivity index (χ2v) is 5.15. The van der Waals surface area contributed by atoms with Gasteiger partial charge in [-0.1, -0.05) is 35.3 Å². The first kappa shape index (κ1) is 14.8. The lowest BCUT2D eigenvalue weighted by molar-refractivity contribution is -0.116. The first-order chi connectivity index (χ1) is 9.54. The molecule has 0 saturated heterocycles. The standard InChI is InChI=1S/C15H12Cl2FNO/c16-11-4-1-10(2-5-11)3-8-15(20)19-12-6-7-14(18)13(17)9-12/h1-2,4-7,9H,3,8H2,(H,19,20). The van der Waals surface area contributed by atoms with E-state index in [1.807, 2.05) is 12.1 Å². The third-order valence-corrected chi connectivity index (χ3v) is 3.30. The molecular formula is C15H12Cl2FNO. The summed E-state index contributed by atoms with van der Waals surface area (Å²) < 4.78 is 13.0. The van der Waals surface area contributed by atoms with Gasteiger partial charge in [0.15, 0.2) is 0 Å². The maximum Gasteiger partial charge on any atom is 0.224 e. The summed E-state index contributed by atoms with van der Waals surface area (Å²) in [5.41, 5.74) is 1.51. The number of hydrogen-bond donors (Lipinski definition) is 1. The van der Waals surface area contributed by atoms with Crippen LogP contribution in [-0.4, -0.2) is 5.91 Å². The van der Waals surface area contributed by atoms with Crippen molar-refractivity contribution in [3.8, 4) is 0 Å².